The zero-order chi connectivity index (χ0) is 16.8. The SMILES string of the molecule is CON1C(=O)C(C)=CC1O/C=C1/C(=O)CC2c3ccccc3CC12. The van der Waals surface area contributed by atoms with Crippen LogP contribution in [0.1, 0.15) is 30.4 Å². The van der Waals surface area contributed by atoms with Gasteiger partial charge in [-0.05, 0) is 36.5 Å². The van der Waals surface area contributed by atoms with Crippen LogP contribution in [0.2, 0.25) is 0 Å². The van der Waals surface area contributed by atoms with Crippen LogP contribution >= 0.6 is 0 Å². The third-order valence-electron chi connectivity index (χ3n) is 5.20. The lowest BCUT2D eigenvalue weighted by Crippen LogP contribution is -2.34. The van der Waals surface area contributed by atoms with E-state index in [1.807, 2.05) is 12.1 Å². The fourth-order valence-electron chi connectivity index (χ4n) is 4.00. The summed E-state index contributed by atoms with van der Waals surface area (Å²) in [5.41, 5.74) is 3.89. The van der Waals surface area contributed by atoms with E-state index in [2.05, 4.69) is 12.1 Å². The van der Waals surface area contributed by atoms with E-state index < -0.39 is 6.23 Å². The van der Waals surface area contributed by atoms with Crippen LogP contribution in [-0.4, -0.2) is 30.1 Å². The molecule has 0 aromatic heterocycles. The van der Waals surface area contributed by atoms with Crippen molar-refractivity contribution in [3.63, 3.8) is 0 Å². The molecule has 1 heterocycles. The van der Waals surface area contributed by atoms with Crippen LogP contribution in [0.3, 0.4) is 0 Å². The molecule has 124 valence electrons. The Balaban J connectivity index is 1.56. The van der Waals surface area contributed by atoms with E-state index >= 15 is 0 Å². The molecule has 3 aliphatic rings. The molecule has 1 aliphatic heterocycles. The van der Waals surface area contributed by atoms with Crippen LogP contribution in [0.5, 0.6) is 0 Å². The molecule has 0 saturated heterocycles. The van der Waals surface area contributed by atoms with Crippen molar-refractivity contribution in [3.05, 3.63) is 58.9 Å². The van der Waals surface area contributed by atoms with Gasteiger partial charge >= 0.3 is 0 Å². The van der Waals surface area contributed by atoms with Crippen LogP contribution in [0, 0.1) is 5.92 Å². The fraction of sp³-hybridized carbons (Fsp3) is 0.368. The summed E-state index contributed by atoms with van der Waals surface area (Å²) < 4.78 is 5.73. The van der Waals surface area contributed by atoms with Crippen molar-refractivity contribution >= 4 is 11.7 Å². The first-order valence-corrected chi connectivity index (χ1v) is 8.12. The number of rotatable bonds is 3. The molecule has 1 fully saturated rings. The number of fused-ring (bicyclic) bond motifs is 3. The number of nitrogens with zero attached hydrogens (tertiary/aromatic N) is 1. The van der Waals surface area contributed by atoms with E-state index in [0.717, 1.165) is 12.0 Å². The number of hydroxylamine groups is 2. The maximum Gasteiger partial charge on any atom is 0.276 e. The maximum absolute atomic E-state index is 12.4. The fourth-order valence-corrected chi connectivity index (χ4v) is 4.00. The Hall–Kier alpha value is -2.40. The average Bonchev–Trinajstić information content (AvgIpc) is 3.16. The molecule has 1 aromatic rings. The van der Waals surface area contributed by atoms with E-state index in [4.69, 9.17) is 9.57 Å². The third kappa shape index (κ3) is 2.19. The third-order valence-corrected chi connectivity index (χ3v) is 5.20. The molecular formula is C19H19NO4. The topological polar surface area (TPSA) is 55.8 Å². The van der Waals surface area contributed by atoms with Gasteiger partial charge in [0.1, 0.15) is 0 Å². The van der Waals surface area contributed by atoms with Crippen LogP contribution < -0.4 is 0 Å². The highest BCUT2D eigenvalue weighted by Crippen LogP contribution is 2.49. The van der Waals surface area contributed by atoms with Crippen molar-refractivity contribution in [1.29, 1.82) is 0 Å². The van der Waals surface area contributed by atoms with Gasteiger partial charge in [0.05, 0.1) is 13.4 Å². The van der Waals surface area contributed by atoms with Gasteiger partial charge in [0, 0.05) is 23.5 Å². The van der Waals surface area contributed by atoms with E-state index in [0.29, 0.717) is 12.0 Å². The predicted octanol–water partition coefficient (Wildman–Crippen LogP) is 2.49. The molecule has 0 N–H and O–H groups in total. The molecule has 0 bridgehead atoms. The summed E-state index contributed by atoms with van der Waals surface area (Å²) in [6.45, 7) is 1.72. The first kappa shape index (κ1) is 15.1. The monoisotopic (exact) mass is 325 g/mol. The van der Waals surface area contributed by atoms with E-state index in [1.165, 1.54) is 29.6 Å². The highest BCUT2D eigenvalue weighted by Gasteiger charge is 2.44. The van der Waals surface area contributed by atoms with Gasteiger partial charge in [-0.15, -0.1) is 0 Å². The van der Waals surface area contributed by atoms with Gasteiger partial charge in [0.25, 0.3) is 5.91 Å². The Bertz CT molecular complexity index is 779. The molecule has 1 amide bonds. The zero-order valence-electron chi connectivity index (χ0n) is 13.7. The number of ketones is 1. The summed E-state index contributed by atoms with van der Waals surface area (Å²) in [6.07, 6.45) is 4.02. The smallest absolute Gasteiger partial charge is 0.276 e. The summed E-state index contributed by atoms with van der Waals surface area (Å²) in [4.78, 5) is 29.4. The first-order chi connectivity index (χ1) is 11.6. The average molecular weight is 325 g/mol. The second kappa shape index (κ2) is 5.60. The number of carbonyl (C=O) groups is 2. The van der Waals surface area contributed by atoms with Gasteiger partial charge in [-0.25, -0.2) is 0 Å². The number of ether oxygens (including phenoxy) is 1. The highest BCUT2D eigenvalue weighted by molar-refractivity contribution is 5.99. The molecular weight excluding hydrogens is 306 g/mol. The summed E-state index contributed by atoms with van der Waals surface area (Å²) in [6, 6.07) is 8.31. The second-order valence-corrected chi connectivity index (χ2v) is 6.51. The van der Waals surface area contributed by atoms with Crippen molar-refractivity contribution in [3.8, 4) is 0 Å². The van der Waals surface area contributed by atoms with Crippen molar-refractivity contribution in [2.45, 2.75) is 31.9 Å². The number of benzene rings is 1. The van der Waals surface area contributed by atoms with Gasteiger partial charge in [0.15, 0.2) is 5.78 Å². The van der Waals surface area contributed by atoms with Gasteiger partial charge < -0.3 is 4.74 Å². The molecule has 0 spiro atoms. The Morgan fingerprint density at radius 2 is 1.96 bits per heavy atom. The molecule has 3 atom stereocenters. The van der Waals surface area contributed by atoms with Crippen LogP contribution in [0.25, 0.3) is 0 Å². The number of hydrogen-bond acceptors (Lipinski definition) is 4. The van der Waals surface area contributed by atoms with Gasteiger partial charge in [0.2, 0.25) is 6.23 Å². The van der Waals surface area contributed by atoms with Gasteiger partial charge in [-0.1, -0.05) is 24.3 Å². The number of Topliss-reactive ketones (excluding diaryl/α,β-unsaturated/α-hetero) is 1. The van der Waals surface area contributed by atoms with Gasteiger partial charge in [-0.3, -0.25) is 14.4 Å². The van der Waals surface area contributed by atoms with Crippen molar-refractivity contribution in [1.82, 2.24) is 5.06 Å². The van der Waals surface area contributed by atoms with E-state index in [9.17, 15) is 9.59 Å². The quantitative estimate of drug-likeness (QED) is 0.633. The van der Waals surface area contributed by atoms with E-state index in [1.54, 1.807) is 13.0 Å². The summed E-state index contributed by atoms with van der Waals surface area (Å²) in [5.74, 6) is 0.343. The second-order valence-electron chi connectivity index (χ2n) is 6.51. The molecule has 2 aliphatic carbocycles. The minimum absolute atomic E-state index is 0.133. The Labute approximate surface area is 140 Å². The van der Waals surface area contributed by atoms with Crippen molar-refractivity contribution in [2.24, 2.45) is 5.92 Å². The van der Waals surface area contributed by atoms with Crippen LogP contribution in [0.4, 0.5) is 0 Å². The minimum Gasteiger partial charge on any atom is -0.472 e. The lowest BCUT2D eigenvalue weighted by molar-refractivity contribution is -0.201. The lowest BCUT2D eigenvalue weighted by atomic mass is 9.95. The number of hydrogen-bond donors (Lipinski definition) is 0. The predicted molar refractivity (Wildman–Crippen MR) is 86.6 cm³/mol. The zero-order valence-corrected chi connectivity index (χ0v) is 13.7. The molecule has 24 heavy (non-hydrogen) atoms. The molecule has 5 nitrogen and oxygen atoms in total. The van der Waals surface area contributed by atoms with Crippen molar-refractivity contribution in [2.75, 3.05) is 7.11 Å². The van der Waals surface area contributed by atoms with Crippen LogP contribution in [-0.2, 0) is 25.6 Å². The lowest BCUT2D eigenvalue weighted by Gasteiger charge is -2.21. The number of allylic oxidation sites excluding steroid dienone is 1. The molecule has 0 radical (unpaired) electrons. The summed E-state index contributed by atoms with van der Waals surface area (Å²) in [5, 5.41) is 1.17. The number of carbonyl (C=O) groups excluding carboxylic acids is 2. The van der Waals surface area contributed by atoms with Crippen LogP contribution in [0.15, 0.2) is 47.7 Å². The minimum atomic E-state index is -0.620. The number of amides is 1. The standard InChI is InChI=1S/C19H19NO4/c1-11-7-18(20(23-2)19(11)22)24-10-16-14-8-12-5-3-4-6-13(12)15(14)9-17(16)21/h3-7,10,14-15,18H,8-9H2,1-2H3/b16-10+. The van der Waals surface area contributed by atoms with E-state index in [-0.39, 0.29) is 23.5 Å². The molecule has 1 aromatic carbocycles. The molecule has 3 unspecified atom stereocenters. The normalized spacial score (nSPS) is 29.9. The Morgan fingerprint density at radius 3 is 2.75 bits per heavy atom. The van der Waals surface area contributed by atoms with Crippen molar-refractivity contribution < 1.29 is 19.2 Å². The summed E-state index contributed by atoms with van der Waals surface area (Å²) in [7, 11) is 1.43. The first-order valence-electron chi connectivity index (χ1n) is 8.12. The molecule has 4 rings (SSSR count). The highest BCUT2D eigenvalue weighted by atomic mass is 16.7. The molecule has 5 heteroatoms. The summed E-state index contributed by atoms with van der Waals surface area (Å²) >= 11 is 0. The molecule has 1 saturated carbocycles. The maximum atomic E-state index is 12.4. The Morgan fingerprint density at radius 1 is 1.17 bits per heavy atom. The Kier molecular flexibility index (Phi) is 3.53. The van der Waals surface area contributed by atoms with Gasteiger partial charge in [-0.2, -0.15) is 5.06 Å². The largest absolute Gasteiger partial charge is 0.472 e.